The topological polar surface area (TPSA) is 42.3 Å². The summed E-state index contributed by atoms with van der Waals surface area (Å²) in [5.41, 5.74) is 9.31. The molecule has 1 N–H and O–H groups in total. The van der Waals surface area contributed by atoms with Crippen molar-refractivity contribution in [3.8, 4) is 11.4 Å². The molecule has 1 saturated heterocycles. The Hall–Kier alpha value is -3.64. The number of nitrogens with zero attached hydrogens (tertiary/aromatic N) is 3. The lowest BCUT2D eigenvalue weighted by atomic mass is 9.96. The Morgan fingerprint density at radius 1 is 0.943 bits per heavy atom. The van der Waals surface area contributed by atoms with Gasteiger partial charge in [-0.3, -0.25) is 4.98 Å². The van der Waals surface area contributed by atoms with Crippen molar-refractivity contribution in [3.05, 3.63) is 107 Å². The number of pyridine rings is 1. The minimum atomic E-state index is -0.0849. The maximum absolute atomic E-state index is 5.90. The number of benzene rings is 2. The van der Waals surface area contributed by atoms with Crippen LogP contribution < -0.4 is 15.0 Å². The molecule has 0 unspecified atom stereocenters. The molecule has 178 valence electrons. The molecule has 2 atom stereocenters. The Morgan fingerprint density at radius 2 is 1.71 bits per heavy atom. The highest BCUT2D eigenvalue weighted by Crippen LogP contribution is 2.44. The summed E-state index contributed by atoms with van der Waals surface area (Å²) >= 11 is 5.90. The Morgan fingerprint density at radius 3 is 2.40 bits per heavy atom. The molecule has 1 aliphatic rings. The molecule has 2 aromatic carbocycles. The van der Waals surface area contributed by atoms with Crippen LogP contribution in [-0.2, 0) is 0 Å². The smallest absolute Gasteiger partial charge is 0.174 e. The molecular weight excluding hydrogens is 452 g/mol. The molecule has 0 spiro atoms. The Kier molecular flexibility index (Phi) is 6.07. The van der Waals surface area contributed by atoms with E-state index < -0.39 is 0 Å². The molecule has 35 heavy (non-hydrogen) atoms. The molecule has 5 nitrogen and oxygen atoms in total. The highest BCUT2D eigenvalue weighted by molar-refractivity contribution is 7.80. The van der Waals surface area contributed by atoms with E-state index in [1.54, 1.807) is 7.11 Å². The van der Waals surface area contributed by atoms with Gasteiger partial charge in [0.1, 0.15) is 5.75 Å². The molecule has 0 radical (unpaired) electrons. The molecule has 3 heterocycles. The third-order valence-electron chi connectivity index (χ3n) is 6.84. The number of aryl methyl sites for hydroxylation is 3. The predicted octanol–water partition coefficient (Wildman–Crippen LogP) is 6.29. The van der Waals surface area contributed by atoms with Gasteiger partial charge in [-0.2, -0.15) is 0 Å². The van der Waals surface area contributed by atoms with Crippen LogP contribution in [0.25, 0.3) is 5.69 Å². The Bertz CT molecular complexity index is 1380. The van der Waals surface area contributed by atoms with Gasteiger partial charge in [-0.25, -0.2) is 0 Å². The van der Waals surface area contributed by atoms with Crippen LogP contribution in [0, 0.1) is 27.7 Å². The normalized spacial score (nSPS) is 17.5. The van der Waals surface area contributed by atoms with E-state index in [0.29, 0.717) is 5.11 Å². The Labute approximate surface area is 212 Å². The molecule has 2 aromatic heterocycles. The fourth-order valence-corrected chi connectivity index (χ4v) is 5.46. The number of methoxy groups -OCH3 is 1. The molecule has 1 fully saturated rings. The lowest BCUT2D eigenvalue weighted by Crippen LogP contribution is -2.29. The largest absolute Gasteiger partial charge is 0.497 e. The van der Waals surface area contributed by atoms with Crippen molar-refractivity contribution >= 4 is 23.0 Å². The van der Waals surface area contributed by atoms with Gasteiger partial charge in [0.25, 0.3) is 0 Å². The highest BCUT2D eigenvalue weighted by atomic mass is 32.1. The van der Waals surface area contributed by atoms with Crippen molar-refractivity contribution in [2.75, 3.05) is 12.0 Å². The maximum Gasteiger partial charge on any atom is 0.174 e. The second-order valence-electron chi connectivity index (χ2n) is 9.15. The number of ether oxygens (including phenoxy) is 1. The quantitative estimate of drug-likeness (QED) is 0.339. The van der Waals surface area contributed by atoms with Crippen LogP contribution in [0.1, 0.15) is 45.9 Å². The number of hydrogen-bond acceptors (Lipinski definition) is 3. The second kappa shape index (κ2) is 9.19. The van der Waals surface area contributed by atoms with Crippen LogP contribution >= 0.6 is 12.2 Å². The van der Waals surface area contributed by atoms with Crippen molar-refractivity contribution in [1.82, 2.24) is 14.9 Å². The van der Waals surface area contributed by atoms with Gasteiger partial charge in [0.15, 0.2) is 5.11 Å². The van der Waals surface area contributed by atoms with E-state index in [0.717, 1.165) is 17.1 Å². The molecule has 0 aliphatic carbocycles. The van der Waals surface area contributed by atoms with Gasteiger partial charge in [0, 0.05) is 29.0 Å². The summed E-state index contributed by atoms with van der Waals surface area (Å²) in [6, 6.07) is 22.9. The van der Waals surface area contributed by atoms with Crippen LogP contribution in [0.2, 0.25) is 0 Å². The van der Waals surface area contributed by atoms with Crippen LogP contribution in [-0.4, -0.2) is 21.8 Å². The predicted molar refractivity (Wildman–Crippen MR) is 146 cm³/mol. The van der Waals surface area contributed by atoms with Gasteiger partial charge >= 0.3 is 0 Å². The zero-order valence-corrected chi connectivity index (χ0v) is 21.6. The van der Waals surface area contributed by atoms with Gasteiger partial charge in [0.05, 0.1) is 24.9 Å². The number of anilines is 1. The number of hydrogen-bond donors (Lipinski definition) is 1. The van der Waals surface area contributed by atoms with Gasteiger partial charge in [-0.1, -0.05) is 18.2 Å². The second-order valence-corrected chi connectivity index (χ2v) is 9.53. The number of rotatable bonds is 5. The molecule has 6 heteroatoms. The van der Waals surface area contributed by atoms with E-state index in [4.69, 9.17) is 21.9 Å². The first-order chi connectivity index (χ1) is 16.9. The summed E-state index contributed by atoms with van der Waals surface area (Å²) in [6.45, 7) is 8.68. The molecule has 0 bridgehead atoms. The van der Waals surface area contributed by atoms with E-state index >= 15 is 0 Å². The number of aromatic nitrogens is 2. The summed E-state index contributed by atoms with van der Waals surface area (Å²) in [5.74, 6) is 0.817. The van der Waals surface area contributed by atoms with Gasteiger partial charge in [-0.05, 0) is 105 Å². The molecule has 1 aliphatic heterocycles. The summed E-state index contributed by atoms with van der Waals surface area (Å²) in [7, 11) is 1.68. The maximum atomic E-state index is 5.90. The van der Waals surface area contributed by atoms with Crippen LogP contribution in [0.4, 0.5) is 5.69 Å². The summed E-state index contributed by atoms with van der Waals surface area (Å²) in [4.78, 5) is 6.91. The molecule has 0 amide bonds. The third-order valence-corrected chi connectivity index (χ3v) is 7.16. The van der Waals surface area contributed by atoms with E-state index in [1.165, 1.54) is 33.8 Å². The molecular formula is C29H30N4OS. The number of thiocarbonyl (C=S) groups is 1. The zero-order valence-electron chi connectivity index (χ0n) is 20.7. The standard InChI is InChI=1S/C29H30N4OS/c1-18-9-10-19(2)26(16-18)32-20(3)17-24(21(32)4)28-27(25-8-6-7-15-30-25)31-29(35)33(28)22-11-13-23(34-5)14-12-22/h6-17,27-28H,1-5H3,(H,31,35)/t27-,28+/m1/s1. The van der Waals surface area contributed by atoms with E-state index in [9.17, 15) is 0 Å². The average Bonchev–Trinajstić information content (AvgIpc) is 3.36. The summed E-state index contributed by atoms with van der Waals surface area (Å²) in [6.07, 6.45) is 1.84. The van der Waals surface area contributed by atoms with Crippen molar-refractivity contribution in [2.45, 2.75) is 39.8 Å². The minimum Gasteiger partial charge on any atom is -0.497 e. The Balaban J connectivity index is 1.68. The first-order valence-electron chi connectivity index (χ1n) is 11.8. The van der Waals surface area contributed by atoms with Crippen molar-refractivity contribution in [3.63, 3.8) is 0 Å². The first-order valence-corrected chi connectivity index (χ1v) is 12.2. The average molecular weight is 483 g/mol. The monoisotopic (exact) mass is 482 g/mol. The van der Waals surface area contributed by atoms with Gasteiger partial charge in [-0.15, -0.1) is 0 Å². The molecule has 5 rings (SSSR count). The van der Waals surface area contributed by atoms with Crippen molar-refractivity contribution in [2.24, 2.45) is 0 Å². The van der Waals surface area contributed by atoms with Crippen molar-refractivity contribution in [1.29, 1.82) is 0 Å². The third kappa shape index (κ3) is 4.08. The minimum absolute atomic E-state index is 0.0594. The van der Waals surface area contributed by atoms with Crippen molar-refractivity contribution < 1.29 is 4.74 Å². The zero-order chi connectivity index (χ0) is 24.7. The molecule has 4 aromatic rings. The number of nitrogens with one attached hydrogen (secondary N) is 1. The van der Waals surface area contributed by atoms with Crippen LogP contribution in [0.5, 0.6) is 5.75 Å². The highest BCUT2D eigenvalue weighted by Gasteiger charge is 2.42. The van der Waals surface area contributed by atoms with Gasteiger partial charge in [0.2, 0.25) is 0 Å². The summed E-state index contributed by atoms with van der Waals surface area (Å²) in [5, 5.41) is 4.25. The summed E-state index contributed by atoms with van der Waals surface area (Å²) < 4.78 is 7.75. The molecule has 0 saturated carbocycles. The van der Waals surface area contributed by atoms with Gasteiger partial charge < -0.3 is 19.5 Å². The van der Waals surface area contributed by atoms with E-state index in [1.807, 2.05) is 30.5 Å². The SMILES string of the molecule is COc1ccc(N2C(=S)N[C@H](c3ccccn3)[C@@H]2c2cc(C)n(-c3cc(C)ccc3C)c2C)cc1. The van der Waals surface area contributed by atoms with E-state index in [-0.39, 0.29) is 12.1 Å². The lowest BCUT2D eigenvalue weighted by Gasteiger charge is -2.28. The fourth-order valence-electron chi connectivity index (χ4n) is 5.11. The first kappa shape index (κ1) is 23.1. The fraction of sp³-hybridized carbons (Fsp3) is 0.241. The van der Waals surface area contributed by atoms with E-state index in [2.05, 4.69) is 84.9 Å². The lowest BCUT2D eigenvalue weighted by molar-refractivity contribution is 0.415. The van der Waals surface area contributed by atoms with Crippen LogP contribution in [0.15, 0.2) is 72.9 Å². The van der Waals surface area contributed by atoms with Crippen LogP contribution in [0.3, 0.4) is 0 Å².